The standard InChI is InChI=1S/C14H18N4O4S/c19-13(10-1-4-23-9-10)7-18-6-12(16-17-18)14(20)15-5-11-8-21-2-3-22-11/h1,4,6,9,11,13,19H,2-3,5,7-8H2,(H,15,20)/t11-,13-/m1/s1. The number of aromatic nitrogens is 3. The molecule has 1 aliphatic heterocycles. The summed E-state index contributed by atoms with van der Waals surface area (Å²) in [5.74, 6) is -0.324. The van der Waals surface area contributed by atoms with Crippen LogP contribution < -0.4 is 5.32 Å². The molecule has 1 amide bonds. The SMILES string of the molecule is O=C(NC[C@@H]1COCCO1)c1cn(C[C@@H](O)c2ccsc2)nn1. The van der Waals surface area contributed by atoms with Crippen molar-refractivity contribution in [2.75, 3.05) is 26.4 Å². The molecule has 124 valence electrons. The van der Waals surface area contributed by atoms with Gasteiger partial charge in [-0.05, 0) is 22.4 Å². The van der Waals surface area contributed by atoms with Gasteiger partial charge >= 0.3 is 0 Å². The average Bonchev–Trinajstić information content (AvgIpc) is 3.25. The molecule has 0 radical (unpaired) electrons. The van der Waals surface area contributed by atoms with E-state index in [0.717, 1.165) is 5.56 Å². The van der Waals surface area contributed by atoms with Gasteiger partial charge in [0.25, 0.3) is 5.91 Å². The summed E-state index contributed by atoms with van der Waals surface area (Å²) in [4.78, 5) is 12.0. The number of nitrogens with one attached hydrogen (secondary N) is 1. The summed E-state index contributed by atoms with van der Waals surface area (Å²) in [6.07, 6.45) is 0.707. The van der Waals surface area contributed by atoms with Crippen LogP contribution in [0.2, 0.25) is 0 Å². The minimum atomic E-state index is -0.674. The van der Waals surface area contributed by atoms with Gasteiger partial charge in [0.1, 0.15) is 0 Å². The number of hydrogen-bond acceptors (Lipinski definition) is 7. The van der Waals surface area contributed by atoms with E-state index in [1.54, 1.807) is 0 Å². The predicted molar refractivity (Wildman–Crippen MR) is 82.2 cm³/mol. The van der Waals surface area contributed by atoms with Gasteiger partial charge in [-0.15, -0.1) is 5.10 Å². The zero-order chi connectivity index (χ0) is 16.1. The molecule has 2 aromatic heterocycles. The van der Waals surface area contributed by atoms with E-state index in [1.165, 1.54) is 22.2 Å². The molecule has 0 aromatic carbocycles. The monoisotopic (exact) mass is 338 g/mol. The Morgan fingerprint density at radius 2 is 2.48 bits per heavy atom. The maximum Gasteiger partial charge on any atom is 0.273 e. The molecule has 0 bridgehead atoms. The van der Waals surface area contributed by atoms with E-state index < -0.39 is 6.10 Å². The summed E-state index contributed by atoms with van der Waals surface area (Å²) in [7, 11) is 0. The highest BCUT2D eigenvalue weighted by Crippen LogP contribution is 2.17. The van der Waals surface area contributed by atoms with Crippen LogP contribution in [0.5, 0.6) is 0 Å². The molecule has 0 unspecified atom stereocenters. The van der Waals surface area contributed by atoms with Gasteiger partial charge < -0.3 is 19.9 Å². The Kier molecular flexibility index (Phi) is 5.34. The number of amides is 1. The van der Waals surface area contributed by atoms with Gasteiger partial charge in [-0.2, -0.15) is 11.3 Å². The van der Waals surface area contributed by atoms with Crippen LogP contribution in [-0.4, -0.2) is 58.5 Å². The number of thiophene rings is 1. The summed E-state index contributed by atoms with van der Waals surface area (Å²) < 4.78 is 12.2. The predicted octanol–water partition coefficient (Wildman–Crippen LogP) is 0.218. The van der Waals surface area contributed by atoms with Crippen molar-refractivity contribution in [3.63, 3.8) is 0 Å². The first kappa shape index (κ1) is 16.1. The molecule has 9 heteroatoms. The fourth-order valence-electron chi connectivity index (χ4n) is 2.19. The smallest absolute Gasteiger partial charge is 0.273 e. The molecule has 1 aliphatic rings. The van der Waals surface area contributed by atoms with Crippen molar-refractivity contribution in [2.24, 2.45) is 0 Å². The molecule has 3 heterocycles. The van der Waals surface area contributed by atoms with Gasteiger partial charge in [0.05, 0.1) is 44.8 Å². The molecule has 23 heavy (non-hydrogen) atoms. The lowest BCUT2D eigenvalue weighted by atomic mass is 10.2. The van der Waals surface area contributed by atoms with E-state index in [9.17, 15) is 9.90 Å². The first-order chi connectivity index (χ1) is 11.2. The van der Waals surface area contributed by atoms with Gasteiger partial charge in [-0.25, -0.2) is 4.68 Å². The number of hydrogen-bond donors (Lipinski definition) is 2. The maximum atomic E-state index is 12.0. The highest BCUT2D eigenvalue weighted by atomic mass is 32.1. The number of nitrogens with zero attached hydrogens (tertiary/aromatic N) is 3. The van der Waals surface area contributed by atoms with Crippen LogP contribution >= 0.6 is 11.3 Å². The number of rotatable bonds is 6. The summed E-state index contributed by atoms with van der Waals surface area (Å²) in [5.41, 5.74) is 1.03. The van der Waals surface area contributed by atoms with Crippen molar-refractivity contribution in [1.29, 1.82) is 0 Å². The molecule has 0 spiro atoms. The van der Waals surface area contributed by atoms with Crippen molar-refractivity contribution in [2.45, 2.75) is 18.8 Å². The Labute approximate surface area is 137 Å². The summed E-state index contributed by atoms with van der Waals surface area (Å²) >= 11 is 1.52. The van der Waals surface area contributed by atoms with Crippen LogP contribution in [0.4, 0.5) is 0 Å². The molecular formula is C14H18N4O4S. The van der Waals surface area contributed by atoms with Crippen LogP contribution in [0.25, 0.3) is 0 Å². The van der Waals surface area contributed by atoms with Gasteiger partial charge in [-0.3, -0.25) is 4.79 Å². The van der Waals surface area contributed by atoms with Crippen molar-refractivity contribution in [3.8, 4) is 0 Å². The average molecular weight is 338 g/mol. The Morgan fingerprint density at radius 1 is 1.57 bits per heavy atom. The van der Waals surface area contributed by atoms with E-state index >= 15 is 0 Å². The van der Waals surface area contributed by atoms with Crippen LogP contribution in [0, 0.1) is 0 Å². The number of aliphatic hydroxyl groups is 1. The zero-order valence-electron chi connectivity index (χ0n) is 12.4. The second-order valence-electron chi connectivity index (χ2n) is 5.18. The third kappa shape index (κ3) is 4.35. The van der Waals surface area contributed by atoms with Crippen LogP contribution in [-0.2, 0) is 16.0 Å². The fraction of sp³-hybridized carbons (Fsp3) is 0.500. The Balaban J connectivity index is 1.50. The maximum absolute atomic E-state index is 12.0. The lowest BCUT2D eigenvalue weighted by Crippen LogP contribution is -2.39. The minimum absolute atomic E-state index is 0.136. The van der Waals surface area contributed by atoms with Crippen LogP contribution in [0.3, 0.4) is 0 Å². The highest BCUT2D eigenvalue weighted by Gasteiger charge is 2.18. The lowest BCUT2D eigenvalue weighted by molar-refractivity contribution is -0.0855. The largest absolute Gasteiger partial charge is 0.386 e. The second kappa shape index (κ2) is 7.64. The van der Waals surface area contributed by atoms with E-state index in [-0.39, 0.29) is 24.2 Å². The number of ether oxygens (including phenoxy) is 2. The summed E-state index contributed by atoms with van der Waals surface area (Å²) in [5, 5.41) is 24.3. The van der Waals surface area contributed by atoms with Gasteiger partial charge in [0.2, 0.25) is 0 Å². The van der Waals surface area contributed by atoms with E-state index in [4.69, 9.17) is 9.47 Å². The van der Waals surface area contributed by atoms with Crippen molar-refractivity contribution in [3.05, 3.63) is 34.3 Å². The van der Waals surface area contributed by atoms with E-state index in [2.05, 4.69) is 15.6 Å². The highest BCUT2D eigenvalue weighted by molar-refractivity contribution is 7.07. The molecule has 2 atom stereocenters. The topological polar surface area (TPSA) is 98.5 Å². The van der Waals surface area contributed by atoms with Crippen molar-refractivity contribution in [1.82, 2.24) is 20.3 Å². The molecule has 0 saturated carbocycles. The van der Waals surface area contributed by atoms with Crippen molar-refractivity contribution >= 4 is 17.2 Å². The van der Waals surface area contributed by atoms with Crippen LogP contribution in [0.15, 0.2) is 23.0 Å². The summed E-state index contributed by atoms with van der Waals surface area (Å²) in [6.45, 7) is 2.21. The number of carbonyl (C=O) groups excluding carboxylic acids is 1. The van der Waals surface area contributed by atoms with Crippen LogP contribution in [0.1, 0.15) is 22.2 Å². The minimum Gasteiger partial charge on any atom is -0.386 e. The lowest BCUT2D eigenvalue weighted by Gasteiger charge is -2.22. The Bertz CT molecular complexity index is 625. The van der Waals surface area contributed by atoms with Gasteiger partial charge in [0, 0.05) is 6.54 Å². The third-order valence-corrected chi connectivity index (χ3v) is 4.14. The molecule has 1 fully saturated rings. The first-order valence-corrected chi connectivity index (χ1v) is 8.24. The van der Waals surface area contributed by atoms with Crippen molar-refractivity contribution < 1.29 is 19.4 Å². The molecule has 3 rings (SSSR count). The molecular weight excluding hydrogens is 320 g/mol. The third-order valence-electron chi connectivity index (χ3n) is 3.43. The normalized spacial score (nSPS) is 19.4. The molecule has 1 saturated heterocycles. The molecule has 8 nitrogen and oxygen atoms in total. The zero-order valence-corrected chi connectivity index (χ0v) is 13.2. The molecule has 2 N–H and O–H groups in total. The second-order valence-corrected chi connectivity index (χ2v) is 5.96. The first-order valence-electron chi connectivity index (χ1n) is 7.30. The molecule has 2 aromatic rings. The van der Waals surface area contributed by atoms with Gasteiger partial charge in [0.15, 0.2) is 5.69 Å². The number of aliphatic hydroxyl groups excluding tert-OH is 1. The molecule has 0 aliphatic carbocycles. The van der Waals surface area contributed by atoms with E-state index in [0.29, 0.717) is 26.4 Å². The van der Waals surface area contributed by atoms with E-state index in [1.807, 2.05) is 16.8 Å². The Morgan fingerprint density at radius 3 is 3.22 bits per heavy atom. The number of carbonyl (C=O) groups is 1. The van der Waals surface area contributed by atoms with Gasteiger partial charge in [-0.1, -0.05) is 5.21 Å². The summed E-state index contributed by atoms with van der Waals surface area (Å²) in [6, 6.07) is 1.85. The Hall–Kier alpha value is -1.81. The fourth-order valence-corrected chi connectivity index (χ4v) is 2.90. The quantitative estimate of drug-likeness (QED) is 0.782.